The number of pyridine rings is 1. The van der Waals surface area contributed by atoms with Crippen molar-refractivity contribution in [3.05, 3.63) is 59.6 Å². The lowest BCUT2D eigenvalue weighted by atomic mass is 9.94. The number of thiazole rings is 1. The molecule has 0 saturated carbocycles. The number of nitrogens with zero attached hydrogens (tertiary/aromatic N) is 3. The van der Waals surface area contributed by atoms with Gasteiger partial charge in [-0.15, -0.1) is 11.3 Å². The number of piperidine rings is 1. The third-order valence-corrected chi connectivity index (χ3v) is 7.85. The van der Waals surface area contributed by atoms with Gasteiger partial charge in [-0.3, -0.25) is 15.1 Å². The Hall–Kier alpha value is -2.62. The van der Waals surface area contributed by atoms with E-state index >= 15 is 0 Å². The summed E-state index contributed by atoms with van der Waals surface area (Å²) >= 11 is 1.31. The van der Waals surface area contributed by atoms with Crippen LogP contribution in [-0.2, 0) is 10.0 Å². The third-order valence-electron chi connectivity index (χ3n) is 5.24. The summed E-state index contributed by atoms with van der Waals surface area (Å²) in [6, 6.07) is 11.6. The summed E-state index contributed by atoms with van der Waals surface area (Å²) in [5, 5.41) is 5.05. The maximum absolute atomic E-state index is 13.0. The topological polar surface area (TPSA) is 92.3 Å². The second-order valence-corrected chi connectivity index (χ2v) is 10.8. The quantitative estimate of drug-likeness (QED) is 0.623. The van der Waals surface area contributed by atoms with E-state index in [1.807, 2.05) is 23.6 Å². The summed E-state index contributed by atoms with van der Waals surface area (Å²) in [4.78, 5) is 21.4. The Kier molecular flexibility index (Phi) is 6.17. The predicted molar refractivity (Wildman–Crippen MR) is 121 cm³/mol. The highest BCUT2D eigenvalue weighted by molar-refractivity contribution is 7.89. The molecule has 0 spiro atoms. The number of aromatic nitrogens is 2. The number of hydrogen-bond acceptors (Lipinski definition) is 6. The molecule has 1 N–H and O–H groups in total. The molecule has 1 aromatic carbocycles. The van der Waals surface area contributed by atoms with Crippen LogP contribution in [0.4, 0.5) is 5.13 Å². The molecule has 9 heteroatoms. The van der Waals surface area contributed by atoms with Crippen molar-refractivity contribution in [2.24, 2.45) is 11.8 Å². The molecule has 31 heavy (non-hydrogen) atoms. The van der Waals surface area contributed by atoms with Gasteiger partial charge in [-0.2, -0.15) is 4.31 Å². The summed E-state index contributed by atoms with van der Waals surface area (Å²) in [6.07, 6.45) is 2.72. The SMILES string of the molecule is C[C@H]1C[C@H](C)CN(S(=O)(=O)c2ccc(C(=O)Nc3nc(-c4ccccn4)cs3)cc2)C1. The van der Waals surface area contributed by atoms with Crippen molar-refractivity contribution in [2.45, 2.75) is 25.2 Å². The number of rotatable bonds is 5. The lowest BCUT2D eigenvalue weighted by Gasteiger charge is -2.34. The van der Waals surface area contributed by atoms with Crippen LogP contribution in [0.5, 0.6) is 0 Å². The Morgan fingerprint density at radius 1 is 1.06 bits per heavy atom. The van der Waals surface area contributed by atoms with E-state index in [4.69, 9.17) is 0 Å². The average molecular weight is 457 g/mol. The second-order valence-electron chi connectivity index (χ2n) is 8.00. The Morgan fingerprint density at radius 2 is 1.77 bits per heavy atom. The Bertz CT molecular complexity index is 1150. The molecular formula is C22H24N4O3S2. The second kappa shape index (κ2) is 8.86. The lowest BCUT2D eigenvalue weighted by molar-refractivity contribution is 0.102. The molecule has 0 unspecified atom stereocenters. The lowest BCUT2D eigenvalue weighted by Crippen LogP contribution is -2.42. The van der Waals surface area contributed by atoms with Crippen LogP contribution in [0.15, 0.2) is 58.9 Å². The molecule has 1 saturated heterocycles. The van der Waals surface area contributed by atoms with E-state index in [9.17, 15) is 13.2 Å². The van der Waals surface area contributed by atoms with E-state index in [1.165, 1.54) is 35.6 Å². The fourth-order valence-electron chi connectivity index (χ4n) is 3.86. The molecule has 4 rings (SSSR count). The number of hydrogen-bond donors (Lipinski definition) is 1. The highest BCUT2D eigenvalue weighted by Crippen LogP contribution is 2.27. The fourth-order valence-corrected chi connectivity index (χ4v) is 6.24. The van der Waals surface area contributed by atoms with Gasteiger partial charge >= 0.3 is 0 Å². The first kappa shape index (κ1) is 21.6. The van der Waals surface area contributed by atoms with Gasteiger partial charge < -0.3 is 0 Å². The minimum absolute atomic E-state index is 0.206. The standard InChI is InChI=1S/C22H24N4O3S2/c1-15-11-16(2)13-26(12-15)31(28,29)18-8-6-17(7-9-18)21(27)25-22-24-20(14-30-22)19-5-3-4-10-23-19/h3-10,14-16H,11-13H2,1-2H3,(H,24,25,27)/t15-,16-/m0/s1. The molecule has 3 heterocycles. The summed E-state index contributed by atoms with van der Waals surface area (Å²) < 4.78 is 27.5. The summed E-state index contributed by atoms with van der Waals surface area (Å²) in [5.74, 6) is 0.321. The highest BCUT2D eigenvalue weighted by Gasteiger charge is 2.31. The van der Waals surface area contributed by atoms with E-state index in [0.717, 1.165) is 12.1 Å². The minimum Gasteiger partial charge on any atom is -0.298 e. The molecule has 1 amide bonds. The van der Waals surface area contributed by atoms with Crippen molar-refractivity contribution in [2.75, 3.05) is 18.4 Å². The smallest absolute Gasteiger partial charge is 0.257 e. The maximum Gasteiger partial charge on any atom is 0.257 e. The number of carbonyl (C=O) groups excluding carboxylic acids is 1. The number of benzene rings is 1. The number of anilines is 1. The Labute approximate surface area is 186 Å². The van der Waals surface area contributed by atoms with Gasteiger partial charge in [0.15, 0.2) is 5.13 Å². The number of nitrogens with one attached hydrogen (secondary N) is 1. The Morgan fingerprint density at radius 3 is 2.42 bits per heavy atom. The van der Waals surface area contributed by atoms with Crippen molar-refractivity contribution in [3.63, 3.8) is 0 Å². The molecule has 0 radical (unpaired) electrons. The van der Waals surface area contributed by atoms with Crippen LogP contribution < -0.4 is 5.32 Å². The predicted octanol–water partition coefficient (Wildman–Crippen LogP) is 4.12. The van der Waals surface area contributed by atoms with E-state index < -0.39 is 10.0 Å². The average Bonchev–Trinajstić information content (AvgIpc) is 3.22. The first-order chi connectivity index (χ1) is 14.8. The monoisotopic (exact) mass is 456 g/mol. The van der Waals surface area contributed by atoms with E-state index in [0.29, 0.717) is 41.3 Å². The zero-order chi connectivity index (χ0) is 22.0. The van der Waals surface area contributed by atoms with Crippen LogP contribution in [0.2, 0.25) is 0 Å². The van der Waals surface area contributed by atoms with E-state index in [2.05, 4.69) is 29.1 Å². The molecule has 162 valence electrons. The molecule has 1 aliphatic rings. The molecule has 0 bridgehead atoms. The van der Waals surface area contributed by atoms with Crippen molar-refractivity contribution in [1.82, 2.24) is 14.3 Å². The Balaban J connectivity index is 1.45. The minimum atomic E-state index is -3.57. The maximum atomic E-state index is 13.0. The molecule has 2 atom stereocenters. The van der Waals surface area contributed by atoms with Gasteiger partial charge in [0.05, 0.1) is 10.6 Å². The van der Waals surface area contributed by atoms with Crippen molar-refractivity contribution >= 4 is 32.4 Å². The summed E-state index contributed by atoms with van der Waals surface area (Å²) in [6.45, 7) is 5.20. The van der Waals surface area contributed by atoms with Gasteiger partial charge in [0.1, 0.15) is 5.69 Å². The molecule has 2 aromatic heterocycles. The highest BCUT2D eigenvalue weighted by atomic mass is 32.2. The first-order valence-corrected chi connectivity index (χ1v) is 12.4. The van der Waals surface area contributed by atoms with Crippen LogP contribution >= 0.6 is 11.3 Å². The van der Waals surface area contributed by atoms with Crippen LogP contribution in [0.1, 0.15) is 30.6 Å². The molecule has 0 aliphatic carbocycles. The fraction of sp³-hybridized carbons (Fsp3) is 0.318. The zero-order valence-corrected chi connectivity index (χ0v) is 19.0. The first-order valence-electron chi connectivity index (χ1n) is 10.1. The van der Waals surface area contributed by atoms with Crippen LogP contribution in [0, 0.1) is 11.8 Å². The van der Waals surface area contributed by atoms with Crippen LogP contribution in [0.25, 0.3) is 11.4 Å². The van der Waals surface area contributed by atoms with Gasteiger partial charge in [0, 0.05) is 30.2 Å². The van der Waals surface area contributed by atoms with Crippen LogP contribution in [-0.4, -0.2) is 41.7 Å². The van der Waals surface area contributed by atoms with Gasteiger partial charge in [0.25, 0.3) is 5.91 Å². The molecule has 7 nitrogen and oxygen atoms in total. The summed E-state index contributed by atoms with van der Waals surface area (Å²) in [7, 11) is -3.57. The largest absolute Gasteiger partial charge is 0.298 e. The van der Waals surface area contributed by atoms with Gasteiger partial charge in [-0.25, -0.2) is 13.4 Å². The van der Waals surface area contributed by atoms with Crippen LogP contribution in [0.3, 0.4) is 0 Å². The van der Waals surface area contributed by atoms with Gasteiger partial charge in [-0.05, 0) is 54.7 Å². The number of amides is 1. The van der Waals surface area contributed by atoms with E-state index in [1.54, 1.807) is 10.5 Å². The van der Waals surface area contributed by atoms with E-state index in [-0.39, 0.29) is 10.8 Å². The van der Waals surface area contributed by atoms with Gasteiger partial charge in [-0.1, -0.05) is 19.9 Å². The number of sulfonamides is 1. The van der Waals surface area contributed by atoms with Crippen molar-refractivity contribution < 1.29 is 13.2 Å². The normalized spacial score (nSPS) is 19.8. The molecule has 1 aliphatic heterocycles. The van der Waals surface area contributed by atoms with Crippen molar-refractivity contribution in [1.29, 1.82) is 0 Å². The number of carbonyl (C=O) groups is 1. The third kappa shape index (κ3) is 4.84. The molecular weight excluding hydrogens is 432 g/mol. The molecule has 3 aromatic rings. The molecule has 1 fully saturated rings. The summed E-state index contributed by atoms with van der Waals surface area (Å²) in [5.41, 5.74) is 1.79. The van der Waals surface area contributed by atoms with Gasteiger partial charge in [0.2, 0.25) is 10.0 Å². The zero-order valence-electron chi connectivity index (χ0n) is 17.4. The van der Waals surface area contributed by atoms with Crippen molar-refractivity contribution in [3.8, 4) is 11.4 Å².